The zero-order valence-electron chi connectivity index (χ0n) is 15.9. The molecule has 3 aliphatic carbocycles. The van der Waals surface area contributed by atoms with Crippen LogP contribution in [0, 0.1) is 5.92 Å². The lowest BCUT2D eigenvalue weighted by atomic mass is 9.48. The third kappa shape index (κ3) is 1.63. The zero-order chi connectivity index (χ0) is 19.6. The van der Waals surface area contributed by atoms with E-state index in [-0.39, 0.29) is 41.4 Å². The number of aromatic hydroxyl groups is 2. The van der Waals surface area contributed by atoms with E-state index in [1.165, 1.54) is 6.07 Å². The molecule has 0 aromatic heterocycles. The molecule has 2 aliphatic heterocycles. The maximum Gasteiger partial charge on any atom is 0.193 e. The molecule has 28 heavy (non-hydrogen) atoms. The van der Waals surface area contributed by atoms with Crippen LogP contribution in [0.25, 0.3) is 0 Å². The number of phenolic OH excluding ortho intramolecular Hbond substituents is 2. The molecule has 0 amide bonds. The number of ether oxygens (including phenoxy) is 1. The molecule has 0 radical (unpaired) electrons. The molecule has 150 valence electrons. The third-order valence-corrected chi connectivity index (χ3v) is 8.59. The molecule has 7 heteroatoms. The maximum atomic E-state index is 12.8. The number of hydrogen-bond donors (Lipinski definition) is 4. The number of likely N-dealkylation sites (tertiary alicyclic amines) is 1. The van der Waals surface area contributed by atoms with Gasteiger partial charge in [-0.05, 0) is 19.3 Å². The highest BCUT2D eigenvalue weighted by Crippen LogP contribution is 2.67. The van der Waals surface area contributed by atoms with Crippen molar-refractivity contribution in [3.63, 3.8) is 0 Å². The van der Waals surface area contributed by atoms with Crippen LogP contribution in [-0.4, -0.2) is 68.3 Å². The molecule has 6 rings (SSSR count). The number of Topliss-reactive ketones (excluding diaryl/α,β-unsaturated/α-hetero) is 1. The molecule has 1 saturated heterocycles. The molecular weight excluding hydrogens is 362 g/mol. The van der Waals surface area contributed by atoms with Gasteiger partial charge >= 0.3 is 0 Å². The smallest absolute Gasteiger partial charge is 0.193 e. The predicted octanol–water partition coefficient (Wildman–Crippen LogP) is 0.694. The van der Waals surface area contributed by atoms with Gasteiger partial charge in [0.15, 0.2) is 29.6 Å². The number of piperidine rings is 1. The number of phenols is 2. The summed E-state index contributed by atoms with van der Waals surface area (Å²) in [6.45, 7) is 0.618. The Kier molecular flexibility index (Phi) is 2.94. The summed E-state index contributed by atoms with van der Waals surface area (Å²) < 4.78 is 6.32. The molecule has 1 aromatic rings. The van der Waals surface area contributed by atoms with E-state index in [9.17, 15) is 25.2 Å². The van der Waals surface area contributed by atoms with Gasteiger partial charge in [0.05, 0.1) is 19.0 Å². The first-order chi connectivity index (χ1) is 13.2. The topological polar surface area (TPSA) is 107 Å². The second-order valence-corrected chi connectivity index (χ2v) is 9.75. The fourth-order valence-corrected chi connectivity index (χ4v) is 7.04. The van der Waals surface area contributed by atoms with Crippen LogP contribution >= 0.6 is 0 Å². The van der Waals surface area contributed by atoms with Crippen LogP contribution in [0.3, 0.4) is 0 Å². The molecule has 5 aliphatic rings. The van der Waals surface area contributed by atoms with Crippen LogP contribution in [0.5, 0.6) is 17.2 Å². The molecule has 2 heterocycles. The summed E-state index contributed by atoms with van der Waals surface area (Å²) in [6, 6.07) is 0.930. The number of aliphatic hydroxyl groups is 2. The van der Waals surface area contributed by atoms with Gasteiger partial charge in [0.2, 0.25) is 0 Å². The zero-order valence-corrected chi connectivity index (χ0v) is 15.9. The first-order valence-electron chi connectivity index (χ1n) is 10.3. The molecule has 3 fully saturated rings. The number of carbonyl (C=O) groups is 1. The number of hydrogen-bond acceptors (Lipinski definition) is 6. The van der Waals surface area contributed by atoms with Gasteiger partial charge in [-0.15, -0.1) is 0 Å². The lowest BCUT2D eigenvalue weighted by Crippen LogP contribution is -2.82. The van der Waals surface area contributed by atoms with Crippen molar-refractivity contribution in [3.8, 4) is 17.2 Å². The van der Waals surface area contributed by atoms with Crippen LogP contribution in [-0.2, 0) is 16.6 Å². The Balaban J connectivity index is 1.63. The maximum absolute atomic E-state index is 12.8. The number of carbonyl (C=O) groups excluding carboxylic acids is 1. The fraction of sp³-hybridized carbons (Fsp3) is 0.667. The molecule has 2 saturated carbocycles. The SMILES string of the molecule is C[N@+]1(C(O)C2CC2)CC[C@]23c4c5c(O)cc(O)c4O[C@H]2C(=O)CC[C@@]3(O)[C@H]1C5. The number of aliphatic hydroxyl groups excluding tert-OH is 1. The summed E-state index contributed by atoms with van der Waals surface area (Å²) >= 11 is 0. The van der Waals surface area contributed by atoms with Gasteiger partial charge in [0.1, 0.15) is 17.4 Å². The van der Waals surface area contributed by atoms with Crippen LogP contribution in [0.4, 0.5) is 0 Å². The normalized spacial score (nSPS) is 44.0. The van der Waals surface area contributed by atoms with Crippen molar-refractivity contribution >= 4 is 5.78 Å². The van der Waals surface area contributed by atoms with Crippen LogP contribution in [0.1, 0.15) is 43.2 Å². The second kappa shape index (κ2) is 4.83. The fourth-order valence-electron chi connectivity index (χ4n) is 7.04. The average molecular weight is 388 g/mol. The largest absolute Gasteiger partial charge is 0.508 e. The van der Waals surface area contributed by atoms with Gasteiger partial charge < -0.3 is 25.2 Å². The Labute approximate surface area is 162 Å². The Morgan fingerprint density at radius 2 is 2.00 bits per heavy atom. The Bertz CT molecular complexity index is 928. The van der Waals surface area contributed by atoms with Crippen molar-refractivity contribution in [2.75, 3.05) is 13.6 Å². The second-order valence-electron chi connectivity index (χ2n) is 9.75. The van der Waals surface area contributed by atoms with Gasteiger partial charge in [-0.1, -0.05) is 0 Å². The lowest BCUT2D eigenvalue weighted by molar-refractivity contribution is -0.991. The summed E-state index contributed by atoms with van der Waals surface area (Å²) in [5.74, 6) is 0.205. The van der Waals surface area contributed by atoms with E-state index in [4.69, 9.17) is 4.74 Å². The van der Waals surface area contributed by atoms with Crippen molar-refractivity contribution < 1.29 is 34.4 Å². The summed E-state index contributed by atoms with van der Waals surface area (Å²) in [5.41, 5.74) is -0.930. The highest BCUT2D eigenvalue weighted by Gasteiger charge is 2.77. The summed E-state index contributed by atoms with van der Waals surface area (Å²) in [5, 5.41) is 44.4. The van der Waals surface area contributed by atoms with Crippen molar-refractivity contribution in [1.82, 2.24) is 0 Å². The number of rotatable bonds is 2. The van der Waals surface area contributed by atoms with Gasteiger partial charge in [-0.25, -0.2) is 0 Å². The third-order valence-electron chi connectivity index (χ3n) is 8.59. The van der Waals surface area contributed by atoms with Gasteiger partial charge in [-0.2, -0.15) is 0 Å². The minimum absolute atomic E-state index is 0.0284. The van der Waals surface area contributed by atoms with Crippen molar-refractivity contribution in [2.45, 2.75) is 67.9 Å². The monoisotopic (exact) mass is 388 g/mol. The highest BCUT2D eigenvalue weighted by atomic mass is 16.5. The summed E-state index contributed by atoms with van der Waals surface area (Å²) in [6.07, 6.45) is 1.97. The van der Waals surface area contributed by atoms with E-state index in [1.54, 1.807) is 0 Å². The Hall–Kier alpha value is -1.83. The number of nitrogens with zero attached hydrogens (tertiary/aromatic N) is 1. The van der Waals surface area contributed by atoms with Gasteiger partial charge in [-0.3, -0.25) is 9.28 Å². The first-order valence-corrected chi connectivity index (χ1v) is 10.3. The van der Waals surface area contributed by atoms with E-state index >= 15 is 0 Å². The summed E-state index contributed by atoms with van der Waals surface area (Å²) in [4.78, 5) is 12.8. The average Bonchev–Trinajstić information content (AvgIpc) is 3.42. The van der Waals surface area contributed by atoms with Crippen LogP contribution in [0.15, 0.2) is 6.07 Å². The molecule has 2 bridgehead atoms. The van der Waals surface area contributed by atoms with Gasteiger partial charge in [0, 0.05) is 42.4 Å². The van der Waals surface area contributed by atoms with E-state index in [2.05, 4.69) is 0 Å². The number of benzene rings is 1. The molecule has 1 aromatic carbocycles. The molecule has 1 spiro atoms. The summed E-state index contributed by atoms with van der Waals surface area (Å²) in [7, 11) is 2.00. The molecule has 7 nitrogen and oxygen atoms in total. The van der Waals surface area contributed by atoms with Crippen molar-refractivity contribution in [1.29, 1.82) is 0 Å². The van der Waals surface area contributed by atoms with Crippen molar-refractivity contribution in [3.05, 3.63) is 17.2 Å². The minimum Gasteiger partial charge on any atom is -0.508 e. The molecule has 1 unspecified atom stereocenters. The standard InChI is InChI=1S/C21H25NO6/c1-22(19(26)10-2-3-10)7-6-20-16-11-8-15(22)21(20,27)5-4-12(23)18(20)28-17(16)14(25)9-13(11)24/h9-10,15,18-19,26-27H,2-8H2,1H3,(H-,24,25)/p+1/t15-,18+,19?,20+,21-,22+/m1/s1. The highest BCUT2D eigenvalue weighted by molar-refractivity contribution is 5.90. The predicted molar refractivity (Wildman–Crippen MR) is 96.9 cm³/mol. The van der Waals surface area contributed by atoms with Crippen molar-refractivity contribution in [2.24, 2.45) is 5.92 Å². The number of ketones is 1. The van der Waals surface area contributed by atoms with E-state index < -0.39 is 23.3 Å². The number of likely N-dealkylation sites (N-methyl/N-ethyl adjacent to an activating group) is 1. The quantitative estimate of drug-likeness (QED) is 0.556. The Morgan fingerprint density at radius 3 is 2.71 bits per heavy atom. The molecule has 6 atom stereocenters. The van der Waals surface area contributed by atoms with E-state index in [0.29, 0.717) is 41.4 Å². The van der Waals surface area contributed by atoms with Gasteiger partial charge in [0.25, 0.3) is 0 Å². The first kappa shape index (κ1) is 17.1. The lowest BCUT2D eigenvalue weighted by Gasteiger charge is -2.65. The molecular formula is C21H26NO6+. The van der Waals surface area contributed by atoms with Crippen LogP contribution in [0.2, 0.25) is 0 Å². The van der Waals surface area contributed by atoms with Crippen LogP contribution < -0.4 is 4.74 Å². The molecule has 4 N–H and O–H groups in total. The number of quaternary nitrogens is 1. The Morgan fingerprint density at radius 1 is 1.25 bits per heavy atom. The minimum atomic E-state index is -1.23. The van der Waals surface area contributed by atoms with E-state index in [1.807, 2.05) is 7.05 Å². The van der Waals surface area contributed by atoms with E-state index in [0.717, 1.165) is 12.8 Å².